The van der Waals surface area contributed by atoms with Gasteiger partial charge in [-0.3, -0.25) is 14.3 Å². The number of aryl methyl sites for hydroxylation is 1. The van der Waals surface area contributed by atoms with E-state index < -0.39 is 22.9 Å². The number of rotatable bonds is 2. The van der Waals surface area contributed by atoms with Crippen LogP contribution in [0.15, 0.2) is 27.8 Å². The highest BCUT2D eigenvalue weighted by molar-refractivity contribution is 5.75. The number of halogens is 2. The number of aromatic nitrogens is 4. The minimum Gasteiger partial charge on any atom is -0.332 e. The summed E-state index contributed by atoms with van der Waals surface area (Å²) in [6, 6.07) is 2.92. The van der Waals surface area contributed by atoms with E-state index in [4.69, 9.17) is 0 Å². The Morgan fingerprint density at radius 1 is 1.24 bits per heavy atom. The predicted molar refractivity (Wildman–Crippen MR) is 72.0 cm³/mol. The molecule has 0 aliphatic heterocycles. The smallest absolute Gasteiger partial charge is 0.330 e. The lowest BCUT2D eigenvalue weighted by Gasteiger charge is -2.00. The fourth-order valence-corrected chi connectivity index (χ4v) is 2.14. The maximum Gasteiger partial charge on any atom is 0.330 e. The Balaban J connectivity index is 2.36. The zero-order valence-corrected chi connectivity index (χ0v) is 10.9. The third-order valence-corrected chi connectivity index (χ3v) is 3.13. The van der Waals surface area contributed by atoms with E-state index in [-0.39, 0.29) is 29.1 Å². The van der Waals surface area contributed by atoms with Gasteiger partial charge in [0.05, 0.1) is 5.56 Å². The van der Waals surface area contributed by atoms with Crippen LogP contribution < -0.4 is 11.2 Å². The first-order valence-corrected chi connectivity index (χ1v) is 6.19. The molecule has 2 heterocycles. The van der Waals surface area contributed by atoms with E-state index in [1.165, 1.54) is 4.57 Å². The van der Waals surface area contributed by atoms with E-state index in [1.54, 1.807) is 6.92 Å². The Labute approximate surface area is 116 Å². The second kappa shape index (κ2) is 4.65. The Hall–Kier alpha value is -2.77. The number of hydrogen-bond donors (Lipinski definition) is 2. The Morgan fingerprint density at radius 3 is 2.71 bits per heavy atom. The molecule has 0 spiro atoms. The normalized spacial score (nSPS) is 11.2. The topological polar surface area (TPSA) is 83.5 Å². The van der Waals surface area contributed by atoms with E-state index in [2.05, 4.69) is 15.0 Å². The molecular weight excluding hydrogens is 282 g/mol. The summed E-state index contributed by atoms with van der Waals surface area (Å²) in [5.41, 5.74) is -1.23. The molecule has 0 radical (unpaired) electrons. The molecule has 21 heavy (non-hydrogen) atoms. The first kappa shape index (κ1) is 13.2. The summed E-state index contributed by atoms with van der Waals surface area (Å²) in [6.07, 6.45) is 0. The van der Waals surface area contributed by atoms with Crippen LogP contribution in [-0.4, -0.2) is 19.5 Å². The van der Waals surface area contributed by atoms with Gasteiger partial charge in [-0.05, 0) is 25.1 Å². The second-order valence-corrected chi connectivity index (χ2v) is 4.41. The number of nitrogens with one attached hydrogen (secondary N) is 2. The lowest BCUT2D eigenvalue weighted by molar-refractivity contribution is 0.602. The molecule has 0 bridgehead atoms. The molecular formula is C13H10F2N4O2. The van der Waals surface area contributed by atoms with Crippen molar-refractivity contribution in [1.82, 2.24) is 19.5 Å². The van der Waals surface area contributed by atoms with Crippen molar-refractivity contribution in [2.75, 3.05) is 0 Å². The van der Waals surface area contributed by atoms with Gasteiger partial charge < -0.3 is 4.98 Å². The van der Waals surface area contributed by atoms with Gasteiger partial charge in [-0.25, -0.2) is 18.6 Å². The van der Waals surface area contributed by atoms with Gasteiger partial charge in [-0.15, -0.1) is 0 Å². The zero-order chi connectivity index (χ0) is 15.1. The largest absolute Gasteiger partial charge is 0.332 e. The summed E-state index contributed by atoms with van der Waals surface area (Å²) in [7, 11) is 0. The summed E-state index contributed by atoms with van der Waals surface area (Å²) in [5, 5.41) is 0. The highest BCUT2D eigenvalue weighted by atomic mass is 19.1. The van der Waals surface area contributed by atoms with Crippen molar-refractivity contribution < 1.29 is 8.78 Å². The number of hydrogen-bond acceptors (Lipinski definition) is 3. The van der Waals surface area contributed by atoms with Gasteiger partial charge in [0.1, 0.15) is 23.0 Å². The Kier molecular flexibility index (Phi) is 2.93. The van der Waals surface area contributed by atoms with Crippen molar-refractivity contribution in [3.05, 3.63) is 50.7 Å². The number of aromatic amines is 2. The minimum atomic E-state index is -0.683. The zero-order valence-electron chi connectivity index (χ0n) is 10.9. The molecule has 0 amide bonds. The molecule has 108 valence electrons. The van der Waals surface area contributed by atoms with E-state index in [0.717, 1.165) is 18.2 Å². The van der Waals surface area contributed by atoms with E-state index >= 15 is 0 Å². The molecule has 0 unspecified atom stereocenters. The van der Waals surface area contributed by atoms with Gasteiger partial charge >= 0.3 is 5.69 Å². The van der Waals surface area contributed by atoms with Crippen molar-refractivity contribution in [2.24, 2.45) is 0 Å². The summed E-state index contributed by atoms with van der Waals surface area (Å²) >= 11 is 0. The molecule has 0 saturated heterocycles. The fourth-order valence-electron chi connectivity index (χ4n) is 2.14. The molecule has 2 aromatic heterocycles. The summed E-state index contributed by atoms with van der Waals surface area (Å²) in [5.74, 6) is -1.33. The van der Waals surface area contributed by atoms with Crippen LogP contribution in [0.1, 0.15) is 6.92 Å². The highest BCUT2D eigenvalue weighted by Gasteiger charge is 2.15. The molecule has 1 aromatic carbocycles. The highest BCUT2D eigenvalue weighted by Crippen LogP contribution is 2.22. The molecule has 0 saturated carbocycles. The third-order valence-electron chi connectivity index (χ3n) is 3.13. The van der Waals surface area contributed by atoms with E-state index in [9.17, 15) is 18.4 Å². The van der Waals surface area contributed by atoms with Crippen LogP contribution >= 0.6 is 0 Å². The molecule has 0 aliphatic rings. The van der Waals surface area contributed by atoms with E-state index in [1.807, 2.05) is 0 Å². The van der Waals surface area contributed by atoms with E-state index in [0.29, 0.717) is 0 Å². The second-order valence-electron chi connectivity index (χ2n) is 4.41. The van der Waals surface area contributed by atoms with Crippen LogP contribution in [0.5, 0.6) is 0 Å². The quantitative estimate of drug-likeness (QED) is 0.748. The number of fused-ring (bicyclic) bond motifs is 1. The average molecular weight is 292 g/mol. The maximum absolute atomic E-state index is 13.8. The predicted octanol–water partition coefficient (Wildman–Crippen LogP) is 1.38. The van der Waals surface area contributed by atoms with Crippen LogP contribution in [0, 0.1) is 11.6 Å². The molecule has 6 nitrogen and oxygen atoms in total. The fraction of sp³-hybridized carbons (Fsp3) is 0.154. The molecule has 8 heteroatoms. The van der Waals surface area contributed by atoms with Crippen molar-refractivity contribution in [2.45, 2.75) is 13.5 Å². The SMILES string of the molecule is CCn1c(=O)[nH]c(=O)c2[nH]c(-c3cc(F)ccc3F)nc21. The third kappa shape index (κ3) is 2.04. The van der Waals surface area contributed by atoms with Crippen molar-refractivity contribution in [3.63, 3.8) is 0 Å². The van der Waals surface area contributed by atoms with Crippen LogP contribution in [0.2, 0.25) is 0 Å². The van der Waals surface area contributed by atoms with Crippen molar-refractivity contribution >= 4 is 11.2 Å². The van der Waals surface area contributed by atoms with Crippen LogP contribution in [-0.2, 0) is 6.54 Å². The first-order chi connectivity index (χ1) is 10.0. The molecule has 0 aliphatic carbocycles. The molecule has 0 atom stereocenters. The molecule has 0 fully saturated rings. The lowest BCUT2D eigenvalue weighted by atomic mass is 10.2. The van der Waals surface area contributed by atoms with Gasteiger partial charge in [0.15, 0.2) is 5.65 Å². The van der Waals surface area contributed by atoms with Crippen molar-refractivity contribution in [3.8, 4) is 11.4 Å². The maximum atomic E-state index is 13.8. The van der Waals surface area contributed by atoms with Gasteiger partial charge in [-0.2, -0.15) is 0 Å². The van der Waals surface area contributed by atoms with Crippen molar-refractivity contribution in [1.29, 1.82) is 0 Å². The number of H-pyrrole nitrogens is 2. The minimum absolute atomic E-state index is 0.0136. The Morgan fingerprint density at radius 2 is 2.00 bits per heavy atom. The monoisotopic (exact) mass is 292 g/mol. The van der Waals surface area contributed by atoms with Crippen LogP contribution in [0.3, 0.4) is 0 Å². The number of imidazole rings is 1. The summed E-state index contributed by atoms with van der Waals surface area (Å²) in [6.45, 7) is 1.98. The summed E-state index contributed by atoms with van der Waals surface area (Å²) in [4.78, 5) is 32.3. The molecule has 3 aromatic rings. The number of nitrogens with zero attached hydrogens (tertiary/aromatic N) is 2. The van der Waals surface area contributed by atoms with Gasteiger partial charge in [0, 0.05) is 6.54 Å². The molecule has 3 rings (SSSR count). The standard InChI is InChI=1S/C13H10F2N4O2/c1-2-19-11-9(12(20)18-13(19)21)16-10(17-11)7-5-6(14)3-4-8(7)15/h3-5H,2H2,1H3,(H,16,17)(H,18,20,21). The van der Waals surface area contributed by atoms with Gasteiger partial charge in [0.2, 0.25) is 0 Å². The number of benzene rings is 1. The summed E-state index contributed by atoms with van der Waals surface area (Å²) < 4.78 is 28.2. The Bertz CT molecular complexity index is 955. The van der Waals surface area contributed by atoms with Gasteiger partial charge in [0.25, 0.3) is 5.56 Å². The first-order valence-electron chi connectivity index (χ1n) is 6.19. The van der Waals surface area contributed by atoms with Gasteiger partial charge in [-0.1, -0.05) is 0 Å². The average Bonchev–Trinajstić information content (AvgIpc) is 2.87. The molecule has 2 N–H and O–H groups in total. The van der Waals surface area contributed by atoms with Crippen LogP contribution in [0.4, 0.5) is 8.78 Å². The lowest BCUT2D eigenvalue weighted by Crippen LogP contribution is -2.29. The van der Waals surface area contributed by atoms with Crippen LogP contribution in [0.25, 0.3) is 22.6 Å².